The molecule has 25 heavy (non-hydrogen) atoms. The third kappa shape index (κ3) is 5.53. The number of carbonyl (C=O) groups is 1. The lowest BCUT2D eigenvalue weighted by molar-refractivity contribution is -0.147. The van der Waals surface area contributed by atoms with Crippen molar-refractivity contribution in [3.8, 4) is 0 Å². The summed E-state index contributed by atoms with van der Waals surface area (Å²) in [6, 6.07) is 8.55. The Kier molecular flexibility index (Phi) is 6.45. The summed E-state index contributed by atoms with van der Waals surface area (Å²) in [5, 5.41) is 2.93. The van der Waals surface area contributed by atoms with Gasteiger partial charge in [-0.05, 0) is 29.4 Å². The fourth-order valence-corrected chi connectivity index (χ4v) is 3.88. The molecule has 0 unspecified atom stereocenters. The maximum Gasteiger partial charge on any atom is 0.251 e. The van der Waals surface area contributed by atoms with Crippen molar-refractivity contribution in [1.82, 2.24) is 10.2 Å². The highest BCUT2D eigenvalue weighted by atomic mass is 16.6. The second kappa shape index (κ2) is 8.79. The molecule has 1 aromatic carbocycles. The molecule has 0 aromatic heterocycles. The molecule has 0 saturated carbocycles. The van der Waals surface area contributed by atoms with Crippen molar-refractivity contribution in [2.75, 3.05) is 32.9 Å². The SMILES string of the molecule is C[C@@H]1C[C@@H](C)CN(Cc2ccc(CNC(=O)[C@H]3COCCO3)cc2)C1. The Morgan fingerprint density at radius 1 is 1.12 bits per heavy atom. The predicted molar refractivity (Wildman–Crippen MR) is 97.1 cm³/mol. The Morgan fingerprint density at radius 3 is 2.44 bits per heavy atom. The van der Waals surface area contributed by atoms with E-state index in [9.17, 15) is 4.79 Å². The molecule has 2 aliphatic heterocycles. The van der Waals surface area contributed by atoms with Gasteiger partial charge in [-0.3, -0.25) is 9.69 Å². The molecule has 2 saturated heterocycles. The molecule has 2 aliphatic rings. The number of amides is 1. The molecule has 138 valence electrons. The van der Waals surface area contributed by atoms with E-state index in [1.165, 1.54) is 25.1 Å². The molecular weight excluding hydrogens is 316 g/mol. The molecule has 5 nitrogen and oxygen atoms in total. The summed E-state index contributed by atoms with van der Waals surface area (Å²) in [6.45, 7) is 9.99. The fourth-order valence-electron chi connectivity index (χ4n) is 3.88. The van der Waals surface area contributed by atoms with E-state index in [-0.39, 0.29) is 5.91 Å². The van der Waals surface area contributed by atoms with Crippen LogP contribution in [0.3, 0.4) is 0 Å². The van der Waals surface area contributed by atoms with Crippen molar-refractivity contribution in [2.45, 2.75) is 39.5 Å². The Bertz CT molecular complexity index is 545. The molecule has 3 atom stereocenters. The molecule has 3 rings (SSSR count). The molecular formula is C20H30N2O3. The van der Waals surface area contributed by atoms with Crippen molar-refractivity contribution in [3.05, 3.63) is 35.4 Å². The number of nitrogens with zero attached hydrogens (tertiary/aromatic N) is 1. The summed E-state index contributed by atoms with van der Waals surface area (Å²) in [5.74, 6) is 1.47. The molecule has 1 N–H and O–H groups in total. The number of likely N-dealkylation sites (tertiary alicyclic amines) is 1. The third-order valence-corrected chi connectivity index (χ3v) is 4.95. The molecule has 0 bridgehead atoms. The lowest BCUT2D eigenvalue weighted by Crippen LogP contribution is -2.42. The van der Waals surface area contributed by atoms with Crippen molar-refractivity contribution in [3.63, 3.8) is 0 Å². The van der Waals surface area contributed by atoms with Gasteiger partial charge < -0.3 is 14.8 Å². The van der Waals surface area contributed by atoms with Gasteiger partial charge in [0.25, 0.3) is 5.91 Å². The van der Waals surface area contributed by atoms with Gasteiger partial charge in [-0.2, -0.15) is 0 Å². The zero-order valence-electron chi connectivity index (χ0n) is 15.4. The van der Waals surface area contributed by atoms with Crippen molar-refractivity contribution in [1.29, 1.82) is 0 Å². The first kappa shape index (κ1) is 18.4. The highest BCUT2D eigenvalue weighted by Gasteiger charge is 2.23. The lowest BCUT2D eigenvalue weighted by atomic mass is 9.91. The van der Waals surface area contributed by atoms with E-state index in [0.717, 1.165) is 23.9 Å². The smallest absolute Gasteiger partial charge is 0.251 e. The van der Waals surface area contributed by atoms with Crippen LogP contribution in [0.5, 0.6) is 0 Å². The Labute approximate surface area is 150 Å². The van der Waals surface area contributed by atoms with Crippen LogP contribution in [-0.2, 0) is 27.4 Å². The first-order valence-corrected chi connectivity index (χ1v) is 9.37. The second-order valence-corrected chi connectivity index (χ2v) is 7.61. The minimum absolute atomic E-state index is 0.0972. The number of ether oxygens (including phenoxy) is 2. The van der Waals surface area contributed by atoms with Crippen LogP contribution in [0.25, 0.3) is 0 Å². The highest BCUT2D eigenvalue weighted by molar-refractivity contribution is 5.80. The van der Waals surface area contributed by atoms with Gasteiger partial charge in [0.2, 0.25) is 0 Å². The second-order valence-electron chi connectivity index (χ2n) is 7.61. The summed E-state index contributed by atoms with van der Waals surface area (Å²) in [7, 11) is 0. The average Bonchev–Trinajstić information content (AvgIpc) is 2.61. The maximum absolute atomic E-state index is 12.0. The number of hydrogen-bond donors (Lipinski definition) is 1. The van der Waals surface area contributed by atoms with Crippen LogP contribution < -0.4 is 5.32 Å². The standard InChI is InChI=1S/C20H30N2O3/c1-15-9-16(2)12-22(11-15)13-18-5-3-17(4-6-18)10-21-20(23)19-14-24-7-8-25-19/h3-6,15-16,19H,7-14H2,1-2H3,(H,21,23)/t15-,16-,19-/m1/s1. The lowest BCUT2D eigenvalue weighted by Gasteiger charge is -2.35. The molecule has 2 fully saturated rings. The average molecular weight is 346 g/mol. The minimum Gasteiger partial charge on any atom is -0.376 e. The number of piperidine rings is 1. The molecule has 5 heteroatoms. The zero-order valence-corrected chi connectivity index (χ0v) is 15.4. The molecule has 0 radical (unpaired) electrons. The molecule has 0 aliphatic carbocycles. The summed E-state index contributed by atoms with van der Waals surface area (Å²) in [5.41, 5.74) is 2.44. The minimum atomic E-state index is -0.476. The van der Waals surface area contributed by atoms with E-state index in [2.05, 4.69) is 48.3 Å². The van der Waals surface area contributed by atoms with Crippen molar-refractivity contribution >= 4 is 5.91 Å². The quantitative estimate of drug-likeness (QED) is 0.888. The van der Waals surface area contributed by atoms with E-state index in [0.29, 0.717) is 26.4 Å². The number of carbonyl (C=O) groups excluding carboxylic acids is 1. The first-order chi connectivity index (χ1) is 12.1. The van der Waals surface area contributed by atoms with Gasteiger partial charge >= 0.3 is 0 Å². The van der Waals surface area contributed by atoms with Crippen molar-refractivity contribution < 1.29 is 14.3 Å². The number of benzene rings is 1. The normalized spacial score (nSPS) is 27.8. The Balaban J connectivity index is 1.46. The predicted octanol–water partition coefficient (Wildman–Crippen LogP) is 2.20. The van der Waals surface area contributed by atoms with Crippen LogP contribution in [-0.4, -0.2) is 49.8 Å². The van der Waals surface area contributed by atoms with Crippen LogP contribution >= 0.6 is 0 Å². The van der Waals surface area contributed by atoms with Gasteiger partial charge in [0.15, 0.2) is 6.10 Å². The summed E-state index contributed by atoms with van der Waals surface area (Å²) < 4.78 is 10.7. The molecule has 1 aromatic rings. The molecule has 2 heterocycles. The van der Waals surface area contributed by atoms with Crippen molar-refractivity contribution in [2.24, 2.45) is 11.8 Å². The van der Waals surface area contributed by atoms with Crippen LogP contribution in [0.15, 0.2) is 24.3 Å². The van der Waals surface area contributed by atoms with Crippen LogP contribution in [0, 0.1) is 11.8 Å². The van der Waals surface area contributed by atoms with Gasteiger partial charge in [-0.15, -0.1) is 0 Å². The van der Waals surface area contributed by atoms with Gasteiger partial charge in [0.05, 0.1) is 19.8 Å². The van der Waals surface area contributed by atoms with Crippen LogP contribution in [0.1, 0.15) is 31.4 Å². The number of nitrogens with one attached hydrogen (secondary N) is 1. The molecule has 0 spiro atoms. The van der Waals surface area contributed by atoms with E-state index in [1.54, 1.807) is 0 Å². The largest absolute Gasteiger partial charge is 0.376 e. The number of hydrogen-bond acceptors (Lipinski definition) is 4. The summed E-state index contributed by atoms with van der Waals surface area (Å²) in [6.07, 6.45) is 0.862. The van der Waals surface area contributed by atoms with Gasteiger partial charge in [0.1, 0.15) is 0 Å². The van der Waals surface area contributed by atoms with Gasteiger partial charge in [-0.1, -0.05) is 38.1 Å². The maximum atomic E-state index is 12.0. The third-order valence-electron chi connectivity index (χ3n) is 4.95. The zero-order chi connectivity index (χ0) is 17.6. The first-order valence-electron chi connectivity index (χ1n) is 9.37. The summed E-state index contributed by atoms with van der Waals surface area (Å²) >= 11 is 0. The van der Waals surface area contributed by atoms with E-state index < -0.39 is 6.10 Å². The number of rotatable bonds is 5. The fraction of sp³-hybridized carbons (Fsp3) is 0.650. The van der Waals surface area contributed by atoms with Gasteiger partial charge in [-0.25, -0.2) is 0 Å². The summed E-state index contributed by atoms with van der Waals surface area (Å²) in [4.78, 5) is 14.6. The van der Waals surface area contributed by atoms with Gasteiger partial charge in [0, 0.05) is 26.2 Å². The van der Waals surface area contributed by atoms with E-state index in [4.69, 9.17) is 9.47 Å². The van der Waals surface area contributed by atoms with Crippen LogP contribution in [0.2, 0.25) is 0 Å². The Hall–Kier alpha value is -1.43. The highest BCUT2D eigenvalue weighted by Crippen LogP contribution is 2.22. The topological polar surface area (TPSA) is 50.8 Å². The Morgan fingerprint density at radius 2 is 1.80 bits per heavy atom. The van der Waals surface area contributed by atoms with E-state index >= 15 is 0 Å². The van der Waals surface area contributed by atoms with E-state index in [1.807, 2.05) is 0 Å². The molecule has 1 amide bonds. The van der Waals surface area contributed by atoms with Crippen LogP contribution in [0.4, 0.5) is 0 Å². The monoisotopic (exact) mass is 346 g/mol.